The number of halogens is 2. The van der Waals surface area contributed by atoms with Crippen molar-refractivity contribution in [2.45, 2.75) is 11.5 Å². The van der Waals surface area contributed by atoms with Gasteiger partial charge in [-0.2, -0.15) is 5.10 Å². The molecule has 1 aromatic carbocycles. The molecule has 0 aliphatic rings. The highest BCUT2D eigenvalue weighted by Gasteiger charge is 2.19. The van der Waals surface area contributed by atoms with Crippen LogP contribution in [0.25, 0.3) is 0 Å². The maximum absolute atomic E-state index is 13.5. The summed E-state index contributed by atoms with van der Waals surface area (Å²) in [6.07, 6.45) is 1.56. The lowest BCUT2D eigenvalue weighted by atomic mass is 10.2. The zero-order valence-electron chi connectivity index (χ0n) is 10.3. The van der Waals surface area contributed by atoms with Crippen LogP contribution in [-0.2, 0) is 23.7 Å². The van der Waals surface area contributed by atoms with E-state index in [9.17, 15) is 12.8 Å². The molecule has 9 heteroatoms. The lowest BCUT2D eigenvalue weighted by Crippen LogP contribution is -2.14. The van der Waals surface area contributed by atoms with Gasteiger partial charge < -0.3 is 5.11 Å². The van der Waals surface area contributed by atoms with Gasteiger partial charge >= 0.3 is 0 Å². The smallest absolute Gasteiger partial charge is 0.263 e. The zero-order valence-corrected chi connectivity index (χ0v) is 11.9. The number of benzene rings is 1. The van der Waals surface area contributed by atoms with Gasteiger partial charge in [0, 0.05) is 24.9 Å². The Morgan fingerprint density at radius 2 is 2.20 bits per heavy atom. The topological polar surface area (TPSA) is 84.2 Å². The lowest BCUT2D eigenvalue weighted by Gasteiger charge is -2.09. The first-order valence-electron chi connectivity index (χ1n) is 5.45. The fourth-order valence-corrected chi connectivity index (χ4v) is 2.78. The number of aliphatic hydroxyl groups is 1. The van der Waals surface area contributed by atoms with Crippen LogP contribution in [0.15, 0.2) is 29.3 Å². The summed E-state index contributed by atoms with van der Waals surface area (Å²) in [4.78, 5) is -0.339. The third kappa shape index (κ3) is 2.92. The first-order valence-corrected chi connectivity index (χ1v) is 7.31. The van der Waals surface area contributed by atoms with Crippen molar-refractivity contribution in [1.82, 2.24) is 9.78 Å². The zero-order chi connectivity index (χ0) is 14.9. The van der Waals surface area contributed by atoms with Gasteiger partial charge in [-0.3, -0.25) is 9.40 Å². The van der Waals surface area contributed by atoms with E-state index in [1.807, 2.05) is 0 Å². The average Bonchev–Trinajstić information content (AvgIpc) is 2.77. The minimum absolute atomic E-state index is 0.00642. The molecule has 0 aliphatic carbocycles. The Morgan fingerprint density at radius 1 is 1.50 bits per heavy atom. The van der Waals surface area contributed by atoms with E-state index < -0.39 is 22.4 Å². The quantitative estimate of drug-likeness (QED) is 0.894. The second-order valence-corrected chi connectivity index (χ2v) is 6.08. The molecule has 0 spiro atoms. The van der Waals surface area contributed by atoms with Crippen LogP contribution >= 0.6 is 11.6 Å². The number of hydrogen-bond donors (Lipinski definition) is 2. The van der Waals surface area contributed by atoms with Crippen LogP contribution in [0.4, 0.5) is 10.2 Å². The summed E-state index contributed by atoms with van der Waals surface area (Å²) < 4.78 is 41.3. The van der Waals surface area contributed by atoms with E-state index >= 15 is 0 Å². The molecule has 0 saturated heterocycles. The Morgan fingerprint density at radius 3 is 2.75 bits per heavy atom. The van der Waals surface area contributed by atoms with E-state index in [2.05, 4.69) is 9.82 Å². The number of aliphatic hydroxyl groups excluding tert-OH is 1. The normalized spacial score (nSPS) is 11.6. The van der Waals surface area contributed by atoms with Crippen molar-refractivity contribution in [2.24, 2.45) is 7.05 Å². The minimum atomic E-state index is -4.01. The van der Waals surface area contributed by atoms with Gasteiger partial charge in [-0.25, -0.2) is 12.8 Å². The molecule has 0 radical (unpaired) electrons. The number of sulfonamides is 1. The molecule has 2 N–H and O–H groups in total. The predicted molar refractivity (Wildman–Crippen MR) is 71.3 cm³/mol. The molecule has 108 valence electrons. The number of rotatable bonds is 4. The highest BCUT2D eigenvalue weighted by molar-refractivity contribution is 7.92. The highest BCUT2D eigenvalue weighted by atomic mass is 35.5. The maximum atomic E-state index is 13.5. The number of hydrogen-bond acceptors (Lipinski definition) is 4. The van der Waals surface area contributed by atoms with Crippen LogP contribution in [0.1, 0.15) is 5.56 Å². The molecule has 0 saturated carbocycles. The fraction of sp³-hybridized carbons (Fsp3) is 0.182. The molecule has 0 aliphatic heterocycles. The standard InChI is InChI=1S/C11H11ClFN3O3S/c1-16-3-2-10(14-16)15-20(18,19)8-4-7(6-17)11(12)9(13)5-8/h2-5,17H,6H2,1H3,(H,14,15). The van der Waals surface area contributed by atoms with Gasteiger partial charge in [0.05, 0.1) is 16.5 Å². The highest BCUT2D eigenvalue weighted by Crippen LogP contribution is 2.25. The Bertz CT molecular complexity index is 745. The van der Waals surface area contributed by atoms with Crippen molar-refractivity contribution in [1.29, 1.82) is 0 Å². The van der Waals surface area contributed by atoms with Crippen LogP contribution in [-0.4, -0.2) is 23.3 Å². The maximum Gasteiger partial charge on any atom is 0.263 e. The summed E-state index contributed by atoms with van der Waals surface area (Å²) in [5.74, 6) is -0.812. The van der Waals surface area contributed by atoms with E-state index in [1.165, 1.54) is 10.7 Å². The summed E-state index contributed by atoms with van der Waals surface area (Å²) in [5.41, 5.74) is -0.00642. The molecule has 20 heavy (non-hydrogen) atoms. The van der Waals surface area contributed by atoms with Crippen molar-refractivity contribution >= 4 is 27.4 Å². The third-order valence-corrected chi connectivity index (χ3v) is 4.27. The van der Waals surface area contributed by atoms with E-state index in [4.69, 9.17) is 16.7 Å². The molecule has 6 nitrogen and oxygen atoms in total. The van der Waals surface area contributed by atoms with Gasteiger partial charge in [0.25, 0.3) is 10.0 Å². The number of anilines is 1. The van der Waals surface area contributed by atoms with Crippen LogP contribution in [0.5, 0.6) is 0 Å². The minimum Gasteiger partial charge on any atom is -0.392 e. The van der Waals surface area contributed by atoms with Gasteiger partial charge in [0.15, 0.2) is 5.82 Å². The first kappa shape index (κ1) is 14.8. The van der Waals surface area contributed by atoms with Crippen LogP contribution < -0.4 is 4.72 Å². The first-order chi connectivity index (χ1) is 9.33. The summed E-state index contributed by atoms with van der Waals surface area (Å²) >= 11 is 5.61. The molecular weight excluding hydrogens is 309 g/mol. The average molecular weight is 320 g/mol. The van der Waals surface area contributed by atoms with Crippen molar-refractivity contribution in [3.05, 3.63) is 40.8 Å². The predicted octanol–water partition coefficient (Wildman–Crippen LogP) is 1.51. The summed E-state index contributed by atoms with van der Waals surface area (Å²) in [6, 6.07) is 3.35. The van der Waals surface area contributed by atoms with E-state index in [-0.39, 0.29) is 21.3 Å². The lowest BCUT2D eigenvalue weighted by molar-refractivity contribution is 0.281. The molecule has 1 aromatic heterocycles. The molecule has 2 rings (SSSR count). The van der Waals surface area contributed by atoms with E-state index in [0.29, 0.717) is 0 Å². The van der Waals surface area contributed by atoms with Crippen LogP contribution in [0, 0.1) is 5.82 Å². The number of nitrogens with one attached hydrogen (secondary N) is 1. The SMILES string of the molecule is Cn1ccc(NS(=O)(=O)c2cc(F)c(Cl)c(CO)c2)n1. The van der Waals surface area contributed by atoms with Gasteiger partial charge in [-0.05, 0) is 12.1 Å². The van der Waals surface area contributed by atoms with Crippen LogP contribution in [0.3, 0.4) is 0 Å². The number of aromatic nitrogens is 2. The summed E-state index contributed by atoms with van der Waals surface area (Å²) in [5, 5.41) is 12.6. The molecule has 0 amide bonds. The molecular formula is C11H11ClFN3O3S. The van der Waals surface area contributed by atoms with Crippen molar-refractivity contribution < 1.29 is 17.9 Å². The molecule has 0 atom stereocenters. The third-order valence-electron chi connectivity index (χ3n) is 2.51. The molecule has 0 fully saturated rings. The Labute approximate surface area is 119 Å². The largest absolute Gasteiger partial charge is 0.392 e. The molecule has 0 bridgehead atoms. The van der Waals surface area contributed by atoms with Crippen molar-refractivity contribution in [3.8, 4) is 0 Å². The fourth-order valence-electron chi connectivity index (χ4n) is 1.55. The molecule has 0 unspecified atom stereocenters. The Kier molecular flexibility index (Phi) is 3.98. The Balaban J connectivity index is 2.41. The van der Waals surface area contributed by atoms with Gasteiger partial charge in [-0.15, -0.1) is 0 Å². The van der Waals surface area contributed by atoms with Crippen LogP contribution in [0.2, 0.25) is 5.02 Å². The van der Waals surface area contributed by atoms with Crippen molar-refractivity contribution in [2.75, 3.05) is 4.72 Å². The monoisotopic (exact) mass is 319 g/mol. The molecule has 1 heterocycles. The Hall–Kier alpha value is -1.64. The number of nitrogens with zero attached hydrogens (tertiary/aromatic N) is 2. The second-order valence-electron chi connectivity index (χ2n) is 4.02. The van der Waals surface area contributed by atoms with E-state index in [1.54, 1.807) is 13.2 Å². The van der Waals surface area contributed by atoms with Gasteiger partial charge in [0.2, 0.25) is 0 Å². The van der Waals surface area contributed by atoms with Gasteiger partial charge in [0.1, 0.15) is 5.82 Å². The summed E-state index contributed by atoms with van der Waals surface area (Å²) in [6.45, 7) is -0.567. The second kappa shape index (κ2) is 5.39. The van der Waals surface area contributed by atoms with Gasteiger partial charge in [-0.1, -0.05) is 11.6 Å². The molecule has 2 aromatic rings. The summed E-state index contributed by atoms with van der Waals surface area (Å²) in [7, 11) is -2.38. The van der Waals surface area contributed by atoms with E-state index in [0.717, 1.165) is 12.1 Å². The van der Waals surface area contributed by atoms with Crippen molar-refractivity contribution in [3.63, 3.8) is 0 Å². The number of aryl methyl sites for hydroxylation is 1.